The van der Waals surface area contributed by atoms with Crippen LogP contribution in [-0.4, -0.2) is 82.3 Å². The number of hydrogen-bond donors (Lipinski definition) is 2. The lowest BCUT2D eigenvalue weighted by Gasteiger charge is -2.37. The van der Waals surface area contributed by atoms with E-state index in [4.69, 9.17) is 4.74 Å². The second kappa shape index (κ2) is 13.3. The van der Waals surface area contributed by atoms with Crippen molar-refractivity contribution in [2.45, 2.75) is 25.9 Å². The highest BCUT2D eigenvalue weighted by atomic mass is 127. The lowest BCUT2D eigenvalue weighted by Crippen LogP contribution is -2.53. The fourth-order valence-electron chi connectivity index (χ4n) is 3.58. The minimum Gasteiger partial charge on any atom is -0.379 e. The van der Waals surface area contributed by atoms with Crippen LogP contribution in [0, 0.1) is 5.92 Å². The Kier molecular flexibility index (Phi) is 12.0. The van der Waals surface area contributed by atoms with Crippen LogP contribution in [0.4, 0.5) is 0 Å². The van der Waals surface area contributed by atoms with Gasteiger partial charge in [0, 0.05) is 39.3 Å². The summed E-state index contributed by atoms with van der Waals surface area (Å²) in [5, 5.41) is 7.03. The molecule has 1 aromatic carbocycles. The van der Waals surface area contributed by atoms with E-state index in [1.54, 1.807) is 0 Å². The monoisotopic (exact) mass is 503 g/mol. The van der Waals surface area contributed by atoms with Gasteiger partial charge in [0.1, 0.15) is 0 Å². The summed E-state index contributed by atoms with van der Waals surface area (Å²) in [6, 6.07) is 11.4. The van der Waals surface area contributed by atoms with Gasteiger partial charge in [0.25, 0.3) is 0 Å². The van der Waals surface area contributed by atoms with Gasteiger partial charge in [-0.2, -0.15) is 0 Å². The Balaban J connectivity index is 0.00000392. The fraction of sp³-hybridized carbons (Fsp3) is 0.667. The first-order valence-corrected chi connectivity index (χ1v) is 10.0. The van der Waals surface area contributed by atoms with Crippen LogP contribution in [0.2, 0.25) is 0 Å². The predicted octanol–water partition coefficient (Wildman–Crippen LogP) is 2.43. The molecule has 28 heavy (non-hydrogen) atoms. The highest BCUT2D eigenvalue weighted by molar-refractivity contribution is 14.0. The Morgan fingerprint density at radius 3 is 2.25 bits per heavy atom. The van der Waals surface area contributed by atoms with E-state index < -0.39 is 0 Å². The van der Waals surface area contributed by atoms with E-state index in [1.807, 2.05) is 7.05 Å². The number of hydrogen-bond acceptors (Lipinski definition) is 4. The molecule has 2 atom stereocenters. The predicted molar refractivity (Wildman–Crippen MR) is 129 cm³/mol. The van der Waals surface area contributed by atoms with Gasteiger partial charge >= 0.3 is 0 Å². The van der Waals surface area contributed by atoms with Gasteiger partial charge in [-0.1, -0.05) is 44.2 Å². The zero-order chi connectivity index (χ0) is 19.6. The molecule has 1 saturated heterocycles. The molecular weight excluding hydrogens is 465 g/mol. The minimum atomic E-state index is 0. The maximum Gasteiger partial charge on any atom is 0.191 e. The number of benzene rings is 1. The number of aliphatic imine (C=N–C) groups is 1. The standard InChI is InChI=1S/C21H37N5O.HI/c1-17(2)19(26-11-13-27-14-12-26)15-23-21(22-3)24-16-20(25(4)5)18-9-7-6-8-10-18;/h6-10,17,19-20H,11-16H2,1-5H3,(H2,22,23,24);1H. The van der Waals surface area contributed by atoms with Crippen molar-refractivity contribution in [1.82, 2.24) is 20.4 Å². The molecule has 2 N–H and O–H groups in total. The molecule has 1 fully saturated rings. The summed E-state index contributed by atoms with van der Waals surface area (Å²) in [7, 11) is 6.06. The van der Waals surface area contributed by atoms with Crippen molar-refractivity contribution in [3.05, 3.63) is 35.9 Å². The summed E-state index contributed by atoms with van der Waals surface area (Å²) in [5.74, 6) is 1.43. The van der Waals surface area contributed by atoms with Gasteiger partial charge in [-0.25, -0.2) is 0 Å². The van der Waals surface area contributed by atoms with E-state index in [-0.39, 0.29) is 24.0 Å². The van der Waals surface area contributed by atoms with Crippen molar-refractivity contribution in [3.63, 3.8) is 0 Å². The number of nitrogens with one attached hydrogen (secondary N) is 2. The highest BCUT2D eigenvalue weighted by Crippen LogP contribution is 2.16. The lowest BCUT2D eigenvalue weighted by molar-refractivity contribution is 0.00752. The number of morpholine rings is 1. The molecule has 2 unspecified atom stereocenters. The van der Waals surface area contributed by atoms with Crippen LogP contribution in [0.5, 0.6) is 0 Å². The molecule has 1 aromatic rings. The van der Waals surface area contributed by atoms with Crippen molar-refractivity contribution in [3.8, 4) is 0 Å². The van der Waals surface area contributed by atoms with Crippen molar-refractivity contribution in [1.29, 1.82) is 0 Å². The summed E-state index contributed by atoms with van der Waals surface area (Å²) >= 11 is 0. The molecule has 0 bridgehead atoms. The molecule has 6 nitrogen and oxygen atoms in total. The first kappa shape index (κ1) is 25.1. The smallest absolute Gasteiger partial charge is 0.191 e. The Hall–Kier alpha value is -0.900. The Bertz CT molecular complexity index is 561. The third-order valence-corrected chi connectivity index (χ3v) is 5.26. The second-order valence-electron chi connectivity index (χ2n) is 7.68. The van der Waals surface area contributed by atoms with Crippen LogP contribution < -0.4 is 10.6 Å². The highest BCUT2D eigenvalue weighted by Gasteiger charge is 2.24. The number of likely N-dealkylation sites (N-methyl/N-ethyl adjacent to an activating group) is 1. The topological polar surface area (TPSA) is 52.1 Å². The van der Waals surface area contributed by atoms with E-state index in [1.165, 1.54) is 5.56 Å². The van der Waals surface area contributed by atoms with E-state index >= 15 is 0 Å². The molecule has 2 rings (SSSR count). The van der Waals surface area contributed by atoms with E-state index in [9.17, 15) is 0 Å². The van der Waals surface area contributed by atoms with Crippen LogP contribution in [0.15, 0.2) is 35.3 Å². The van der Waals surface area contributed by atoms with Gasteiger partial charge in [0.15, 0.2) is 5.96 Å². The third kappa shape index (κ3) is 7.85. The Morgan fingerprint density at radius 2 is 1.71 bits per heavy atom. The van der Waals surface area contributed by atoms with Crippen LogP contribution in [0.3, 0.4) is 0 Å². The Labute approximate surface area is 188 Å². The molecule has 1 aliphatic heterocycles. The zero-order valence-electron chi connectivity index (χ0n) is 18.0. The molecule has 0 spiro atoms. The van der Waals surface area contributed by atoms with Crippen molar-refractivity contribution in [2.75, 3.05) is 60.5 Å². The molecule has 0 saturated carbocycles. The van der Waals surface area contributed by atoms with Crippen molar-refractivity contribution < 1.29 is 4.74 Å². The van der Waals surface area contributed by atoms with E-state index in [0.29, 0.717) is 18.0 Å². The van der Waals surface area contributed by atoms with Gasteiger partial charge in [-0.3, -0.25) is 9.89 Å². The quantitative estimate of drug-likeness (QED) is 0.324. The summed E-state index contributed by atoms with van der Waals surface area (Å²) in [6.45, 7) is 9.94. The first-order chi connectivity index (χ1) is 13.0. The molecule has 0 amide bonds. The first-order valence-electron chi connectivity index (χ1n) is 10.0. The number of nitrogens with zero attached hydrogens (tertiary/aromatic N) is 3. The second-order valence-corrected chi connectivity index (χ2v) is 7.68. The van der Waals surface area contributed by atoms with Crippen molar-refractivity contribution >= 4 is 29.9 Å². The number of halogens is 1. The number of guanidine groups is 1. The molecular formula is C21H38IN5O. The summed E-state index contributed by atoms with van der Waals surface area (Å²) in [5.41, 5.74) is 1.30. The number of ether oxygens (including phenoxy) is 1. The van der Waals surface area contributed by atoms with Crippen molar-refractivity contribution in [2.24, 2.45) is 10.9 Å². The zero-order valence-corrected chi connectivity index (χ0v) is 20.3. The minimum absolute atomic E-state index is 0. The van der Waals surface area contributed by atoms with Gasteiger partial charge in [-0.05, 0) is 25.6 Å². The Morgan fingerprint density at radius 1 is 1.11 bits per heavy atom. The summed E-state index contributed by atoms with van der Waals surface area (Å²) < 4.78 is 5.50. The SMILES string of the molecule is CN=C(NCC(c1ccccc1)N(C)C)NCC(C(C)C)N1CCOCC1.I. The summed E-state index contributed by atoms with van der Waals surface area (Å²) in [6.07, 6.45) is 0. The van der Waals surface area contributed by atoms with Gasteiger partial charge in [0.05, 0.1) is 19.3 Å². The van der Waals surface area contributed by atoms with Crippen LogP contribution >= 0.6 is 24.0 Å². The van der Waals surface area contributed by atoms with Crippen LogP contribution in [0.25, 0.3) is 0 Å². The number of rotatable bonds is 8. The lowest BCUT2D eigenvalue weighted by atomic mass is 10.0. The molecule has 1 heterocycles. The molecule has 0 aliphatic carbocycles. The normalized spacial score (nSPS) is 17.9. The maximum absolute atomic E-state index is 5.50. The van der Waals surface area contributed by atoms with E-state index in [2.05, 4.69) is 83.7 Å². The molecule has 160 valence electrons. The maximum atomic E-state index is 5.50. The van der Waals surface area contributed by atoms with Gasteiger partial charge in [-0.15, -0.1) is 24.0 Å². The largest absolute Gasteiger partial charge is 0.379 e. The van der Waals surface area contributed by atoms with Gasteiger partial charge < -0.3 is 20.3 Å². The van der Waals surface area contributed by atoms with E-state index in [0.717, 1.165) is 45.4 Å². The molecule has 0 aromatic heterocycles. The fourth-order valence-corrected chi connectivity index (χ4v) is 3.58. The average Bonchev–Trinajstić information content (AvgIpc) is 2.68. The van der Waals surface area contributed by atoms with Crippen LogP contribution in [-0.2, 0) is 4.74 Å². The third-order valence-electron chi connectivity index (χ3n) is 5.26. The molecule has 0 radical (unpaired) electrons. The summed E-state index contributed by atoms with van der Waals surface area (Å²) in [4.78, 5) is 9.19. The molecule has 1 aliphatic rings. The van der Waals surface area contributed by atoms with Gasteiger partial charge in [0.2, 0.25) is 0 Å². The van der Waals surface area contributed by atoms with Crippen LogP contribution in [0.1, 0.15) is 25.5 Å². The average molecular weight is 503 g/mol. The molecule has 7 heteroatoms.